The number of aromatic nitrogens is 2. The lowest BCUT2D eigenvalue weighted by atomic mass is 10.4. The van der Waals surface area contributed by atoms with Crippen LogP contribution in [0, 0.1) is 0 Å². The molecule has 0 bridgehead atoms. The van der Waals surface area contributed by atoms with Crippen molar-refractivity contribution in [1.29, 1.82) is 0 Å². The molecule has 0 aliphatic rings. The van der Waals surface area contributed by atoms with Crippen molar-refractivity contribution >= 4 is 37.3 Å². The Morgan fingerprint density at radius 2 is 2.19 bits per heavy atom. The second-order valence-corrected chi connectivity index (χ2v) is 8.35. The third-order valence-corrected chi connectivity index (χ3v) is 6.29. The fourth-order valence-corrected chi connectivity index (χ4v) is 5.23. The van der Waals surface area contributed by atoms with Gasteiger partial charge >= 0.3 is 0 Å². The van der Waals surface area contributed by atoms with Gasteiger partial charge in [0, 0.05) is 17.6 Å². The number of sulfonamides is 1. The Hall–Kier alpha value is -0.870. The molecule has 2 rings (SSSR count). The molecule has 0 aliphatic heterocycles. The lowest BCUT2D eigenvalue weighted by Gasteiger charge is -2.05. The summed E-state index contributed by atoms with van der Waals surface area (Å²) < 4.78 is 27.8. The van der Waals surface area contributed by atoms with Crippen LogP contribution in [0.4, 0.5) is 0 Å². The maximum absolute atomic E-state index is 12.3. The Morgan fingerprint density at radius 1 is 1.38 bits per heavy atom. The molecule has 0 saturated carbocycles. The van der Waals surface area contributed by atoms with Gasteiger partial charge in [-0.15, -0.1) is 11.3 Å². The van der Waals surface area contributed by atoms with Crippen LogP contribution in [0.2, 0.25) is 0 Å². The lowest BCUT2D eigenvalue weighted by Crippen LogP contribution is -2.23. The number of hydrogen-bond donors (Lipinski definition) is 2. The Morgan fingerprint density at radius 3 is 2.86 bits per heavy atom. The van der Waals surface area contributed by atoms with Gasteiger partial charge in [0.25, 0.3) is 0 Å². The summed E-state index contributed by atoms with van der Waals surface area (Å²) in [5.41, 5.74) is 0.618. The predicted octanol–water partition coefficient (Wildman–Crippen LogP) is 1.89. The number of hydrogen-bond acceptors (Lipinski definition) is 6. The van der Waals surface area contributed by atoms with Gasteiger partial charge < -0.3 is 5.32 Å². The highest BCUT2D eigenvalue weighted by atomic mass is 79.9. The van der Waals surface area contributed by atoms with Crippen LogP contribution in [0.3, 0.4) is 0 Å². The summed E-state index contributed by atoms with van der Waals surface area (Å²) in [6, 6.07) is 3.35. The molecule has 2 aromatic rings. The van der Waals surface area contributed by atoms with Crippen LogP contribution in [0.15, 0.2) is 33.3 Å². The van der Waals surface area contributed by atoms with E-state index in [1.165, 1.54) is 17.7 Å². The number of thiophene rings is 1. The van der Waals surface area contributed by atoms with E-state index in [1.807, 2.05) is 6.92 Å². The van der Waals surface area contributed by atoms with Crippen molar-refractivity contribution in [2.45, 2.75) is 24.9 Å². The van der Waals surface area contributed by atoms with Crippen molar-refractivity contribution < 1.29 is 8.42 Å². The van der Waals surface area contributed by atoms with E-state index in [0.29, 0.717) is 16.0 Å². The molecule has 0 unspecified atom stereocenters. The average Bonchev–Trinajstić information content (AvgIpc) is 2.86. The Balaban J connectivity index is 2.10. The van der Waals surface area contributed by atoms with E-state index < -0.39 is 10.0 Å². The van der Waals surface area contributed by atoms with E-state index in [-0.39, 0.29) is 11.4 Å². The topological polar surface area (TPSA) is 84.0 Å². The van der Waals surface area contributed by atoms with E-state index in [1.54, 1.807) is 18.3 Å². The Labute approximate surface area is 136 Å². The minimum atomic E-state index is -3.57. The van der Waals surface area contributed by atoms with Crippen molar-refractivity contribution in [3.63, 3.8) is 0 Å². The number of nitrogens with zero attached hydrogens (tertiary/aromatic N) is 2. The first-order chi connectivity index (χ1) is 10.0. The molecule has 2 N–H and O–H groups in total. The van der Waals surface area contributed by atoms with Crippen molar-refractivity contribution in [2.24, 2.45) is 0 Å². The van der Waals surface area contributed by atoms with E-state index in [4.69, 9.17) is 0 Å². The summed E-state index contributed by atoms with van der Waals surface area (Å²) >= 11 is 4.73. The fraction of sp³-hybridized carbons (Fsp3) is 0.333. The van der Waals surface area contributed by atoms with Crippen LogP contribution in [0.1, 0.15) is 17.5 Å². The van der Waals surface area contributed by atoms with Crippen LogP contribution in [-0.2, 0) is 23.1 Å². The van der Waals surface area contributed by atoms with E-state index in [0.717, 1.165) is 11.4 Å². The lowest BCUT2D eigenvalue weighted by molar-refractivity contribution is 0.580. The van der Waals surface area contributed by atoms with Gasteiger partial charge in [0.05, 0.1) is 16.0 Å². The molecule has 2 aromatic heterocycles. The highest BCUT2D eigenvalue weighted by Crippen LogP contribution is 2.31. The molecule has 0 atom stereocenters. The van der Waals surface area contributed by atoms with Gasteiger partial charge in [0.2, 0.25) is 10.0 Å². The van der Waals surface area contributed by atoms with Gasteiger partial charge in [-0.2, -0.15) is 0 Å². The van der Waals surface area contributed by atoms with E-state index in [9.17, 15) is 8.42 Å². The molecule has 9 heteroatoms. The molecule has 0 radical (unpaired) electrons. The van der Waals surface area contributed by atoms with E-state index >= 15 is 0 Å². The SMILES string of the molecule is CCNCc1cc(S(=O)(=O)NCc2ccncn2)c(Br)s1. The predicted molar refractivity (Wildman–Crippen MR) is 85.5 cm³/mol. The smallest absolute Gasteiger partial charge is 0.242 e. The number of rotatable bonds is 7. The van der Waals surface area contributed by atoms with Crippen LogP contribution < -0.4 is 10.0 Å². The molecule has 0 aliphatic carbocycles. The zero-order valence-corrected chi connectivity index (χ0v) is 14.6. The first kappa shape index (κ1) is 16.5. The first-order valence-corrected chi connectivity index (χ1v) is 9.35. The zero-order chi connectivity index (χ0) is 15.3. The minimum Gasteiger partial charge on any atom is -0.312 e. The quantitative estimate of drug-likeness (QED) is 0.753. The van der Waals surface area contributed by atoms with Crippen molar-refractivity contribution in [2.75, 3.05) is 6.54 Å². The molecule has 6 nitrogen and oxygen atoms in total. The fourth-order valence-electron chi connectivity index (χ4n) is 1.59. The summed E-state index contributed by atoms with van der Waals surface area (Å²) in [5, 5.41) is 3.17. The second kappa shape index (κ2) is 7.41. The van der Waals surface area contributed by atoms with Gasteiger partial charge in [-0.3, -0.25) is 0 Å². The molecule has 0 saturated heterocycles. The Kier molecular flexibility index (Phi) is 5.82. The summed E-state index contributed by atoms with van der Waals surface area (Å²) in [5.74, 6) is 0. The van der Waals surface area contributed by atoms with Gasteiger partial charge in [-0.25, -0.2) is 23.1 Å². The zero-order valence-electron chi connectivity index (χ0n) is 11.3. The summed E-state index contributed by atoms with van der Waals surface area (Å²) in [6.45, 7) is 3.63. The third-order valence-electron chi connectivity index (χ3n) is 2.63. The van der Waals surface area contributed by atoms with Gasteiger partial charge in [-0.1, -0.05) is 6.92 Å². The molecule has 0 fully saturated rings. The van der Waals surface area contributed by atoms with Crippen molar-refractivity contribution in [3.05, 3.63) is 39.0 Å². The van der Waals surface area contributed by atoms with Gasteiger partial charge in [0.15, 0.2) is 0 Å². The number of halogens is 1. The van der Waals surface area contributed by atoms with E-state index in [2.05, 4.69) is 35.9 Å². The second-order valence-electron chi connectivity index (χ2n) is 4.16. The molecule has 0 aromatic carbocycles. The largest absolute Gasteiger partial charge is 0.312 e. The average molecular weight is 391 g/mol. The molecule has 2 heterocycles. The van der Waals surface area contributed by atoms with Crippen molar-refractivity contribution in [3.8, 4) is 0 Å². The normalized spacial score (nSPS) is 11.7. The first-order valence-electron chi connectivity index (χ1n) is 6.26. The summed E-state index contributed by atoms with van der Waals surface area (Å²) in [4.78, 5) is 9.00. The molecule has 21 heavy (non-hydrogen) atoms. The highest BCUT2D eigenvalue weighted by molar-refractivity contribution is 9.11. The standard InChI is InChI=1S/C12H15BrN4O2S2/c1-2-14-7-10-5-11(12(13)20-10)21(18,19)17-6-9-3-4-15-8-16-9/h3-5,8,14,17H,2,6-7H2,1H3. The maximum atomic E-state index is 12.3. The summed E-state index contributed by atoms with van der Waals surface area (Å²) in [7, 11) is -3.57. The molecular weight excluding hydrogens is 376 g/mol. The summed E-state index contributed by atoms with van der Waals surface area (Å²) in [6.07, 6.45) is 2.96. The maximum Gasteiger partial charge on any atom is 0.242 e. The van der Waals surface area contributed by atoms with Crippen molar-refractivity contribution in [1.82, 2.24) is 20.0 Å². The van der Waals surface area contributed by atoms with Crippen LogP contribution >= 0.6 is 27.3 Å². The molecule has 0 amide bonds. The molecule has 0 spiro atoms. The Bertz CT molecular complexity index is 689. The monoisotopic (exact) mass is 390 g/mol. The molecule has 114 valence electrons. The third kappa shape index (κ3) is 4.55. The van der Waals surface area contributed by atoms with Gasteiger partial charge in [0.1, 0.15) is 11.2 Å². The van der Waals surface area contributed by atoms with Crippen LogP contribution in [0.25, 0.3) is 0 Å². The van der Waals surface area contributed by atoms with Crippen LogP contribution in [0.5, 0.6) is 0 Å². The van der Waals surface area contributed by atoms with Crippen LogP contribution in [-0.4, -0.2) is 24.9 Å². The highest BCUT2D eigenvalue weighted by Gasteiger charge is 2.20. The molecular formula is C12H15BrN4O2S2. The number of nitrogens with one attached hydrogen (secondary N) is 2. The minimum absolute atomic E-state index is 0.135. The van der Waals surface area contributed by atoms with Gasteiger partial charge in [-0.05, 0) is 34.6 Å².